The van der Waals surface area contributed by atoms with Gasteiger partial charge in [0.2, 0.25) is 10.0 Å². The molecule has 116 valence electrons. The summed E-state index contributed by atoms with van der Waals surface area (Å²) in [6.45, 7) is 1.85. The van der Waals surface area contributed by atoms with Crippen LogP contribution in [0.2, 0.25) is 0 Å². The predicted octanol–water partition coefficient (Wildman–Crippen LogP) is 0.922. The van der Waals surface area contributed by atoms with Gasteiger partial charge < -0.3 is 10.5 Å². The first-order valence-corrected chi connectivity index (χ1v) is 8.96. The molecule has 0 aromatic heterocycles. The molecule has 0 bridgehead atoms. The third kappa shape index (κ3) is 2.99. The van der Waals surface area contributed by atoms with E-state index in [4.69, 9.17) is 10.5 Å². The molecule has 2 fully saturated rings. The van der Waals surface area contributed by atoms with Crippen molar-refractivity contribution in [1.29, 1.82) is 0 Å². The molecule has 0 spiro atoms. The summed E-state index contributed by atoms with van der Waals surface area (Å²) in [5, 5.41) is -0.409. The zero-order chi connectivity index (χ0) is 14.9. The Morgan fingerprint density at radius 1 is 1.19 bits per heavy atom. The molecule has 2 heterocycles. The molecule has 1 unspecified atom stereocenters. The van der Waals surface area contributed by atoms with Crippen LogP contribution < -0.4 is 5.73 Å². The highest BCUT2D eigenvalue weighted by atomic mass is 32.2. The van der Waals surface area contributed by atoms with Gasteiger partial charge in [-0.1, -0.05) is 30.3 Å². The molecule has 21 heavy (non-hydrogen) atoms. The summed E-state index contributed by atoms with van der Waals surface area (Å²) < 4.78 is 32.3. The molecule has 2 aliphatic heterocycles. The Balaban J connectivity index is 1.76. The second kappa shape index (κ2) is 6.04. The molecule has 0 aliphatic carbocycles. The van der Waals surface area contributed by atoms with E-state index in [-0.39, 0.29) is 12.0 Å². The Kier molecular flexibility index (Phi) is 4.31. The summed E-state index contributed by atoms with van der Waals surface area (Å²) in [5.41, 5.74) is 7.30. The minimum Gasteiger partial charge on any atom is -0.380 e. The number of nitrogens with zero attached hydrogens (tertiary/aromatic N) is 1. The van der Waals surface area contributed by atoms with Gasteiger partial charge in [0.1, 0.15) is 0 Å². The Bertz CT molecular complexity index is 570. The van der Waals surface area contributed by atoms with Crippen LogP contribution >= 0.6 is 0 Å². The smallest absolute Gasteiger partial charge is 0.219 e. The summed E-state index contributed by atoms with van der Waals surface area (Å²) in [5.74, 6) is 0.0745. The van der Waals surface area contributed by atoms with E-state index in [0.29, 0.717) is 32.7 Å². The Morgan fingerprint density at radius 3 is 2.62 bits per heavy atom. The average molecular weight is 310 g/mol. The molecular formula is C15H22N2O3S. The van der Waals surface area contributed by atoms with Crippen LogP contribution in [0.15, 0.2) is 30.3 Å². The lowest BCUT2D eigenvalue weighted by atomic mass is 9.95. The number of benzene rings is 1. The summed E-state index contributed by atoms with van der Waals surface area (Å²) in [4.78, 5) is 0. The number of rotatable bonds is 3. The minimum absolute atomic E-state index is 0.0745. The Morgan fingerprint density at radius 2 is 1.95 bits per heavy atom. The van der Waals surface area contributed by atoms with E-state index in [9.17, 15) is 8.42 Å². The van der Waals surface area contributed by atoms with Crippen molar-refractivity contribution in [3.8, 4) is 0 Å². The van der Waals surface area contributed by atoms with Gasteiger partial charge in [-0.05, 0) is 18.4 Å². The largest absolute Gasteiger partial charge is 0.380 e. The molecule has 0 saturated carbocycles. The maximum Gasteiger partial charge on any atom is 0.219 e. The first kappa shape index (κ1) is 15.0. The normalized spacial score (nSPS) is 31.4. The average Bonchev–Trinajstić information content (AvgIpc) is 2.92. The van der Waals surface area contributed by atoms with E-state index in [0.717, 1.165) is 12.0 Å². The highest BCUT2D eigenvalue weighted by Crippen LogP contribution is 2.30. The summed E-state index contributed by atoms with van der Waals surface area (Å²) in [6.07, 6.45) is 1.50. The van der Waals surface area contributed by atoms with Crippen molar-refractivity contribution >= 4 is 10.0 Å². The van der Waals surface area contributed by atoms with Crippen LogP contribution in [0.4, 0.5) is 0 Å². The lowest BCUT2D eigenvalue weighted by molar-refractivity contribution is 0.0977. The first-order valence-electron chi connectivity index (χ1n) is 7.46. The lowest BCUT2D eigenvalue weighted by Gasteiger charge is -2.27. The van der Waals surface area contributed by atoms with Crippen molar-refractivity contribution in [3.05, 3.63) is 35.9 Å². The minimum atomic E-state index is -3.31. The third-order valence-electron chi connectivity index (χ3n) is 4.46. The van der Waals surface area contributed by atoms with E-state index in [1.807, 2.05) is 30.3 Å². The van der Waals surface area contributed by atoms with Crippen molar-refractivity contribution in [2.24, 2.45) is 5.73 Å². The lowest BCUT2D eigenvalue weighted by Crippen LogP contribution is -2.42. The van der Waals surface area contributed by atoms with Crippen LogP contribution in [-0.4, -0.2) is 50.3 Å². The van der Waals surface area contributed by atoms with E-state index < -0.39 is 15.3 Å². The molecule has 0 radical (unpaired) electrons. The molecule has 6 heteroatoms. The quantitative estimate of drug-likeness (QED) is 0.901. The summed E-state index contributed by atoms with van der Waals surface area (Å²) in [6, 6.07) is 9.78. The first-order chi connectivity index (χ1) is 10.1. The van der Waals surface area contributed by atoms with E-state index >= 15 is 0 Å². The van der Waals surface area contributed by atoms with Crippen LogP contribution in [0.5, 0.6) is 0 Å². The number of hydrogen-bond donors (Lipinski definition) is 1. The van der Waals surface area contributed by atoms with Gasteiger partial charge in [-0.2, -0.15) is 4.31 Å². The fraction of sp³-hybridized carbons (Fsp3) is 0.600. The van der Waals surface area contributed by atoms with Crippen molar-refractivity contribution < 1.29 is 13.2 Å². The molecule has 0 amide bonds. The molecule has 3 rings (SSSR count). The van der Waals surface area contributed by atoms with Crippen molar-refractivity contribution in [1.82, 2.24) is 4.31 Å². The Labute approximate surface area is 126 Å². The monoisotopic (exact) mass is 310 g/mol. The van der Waals surface area contributed by atoms with Crippen molar-refractivity contribution in [2.45, 2.75) is 30.1 Å². The van der Waals surface area contributed by atoms with Gasteiger partial charge in [0, 0.05) is 31.7 Å². The zero-order valence-electron chi connectivity index (χ0n) is 12.0. The van der Waals surface area contributed by atoms with Crippen LogP contribution in [0.25, 0.3) is 0 Å². The zero-order valence-corrected chi connectivity index (χ0v) is 12.8. The van der Waals surface area contributed by atoms with Gasteiger partial charge in [-0.25, -0.2) is 8.42 Å². The maximum absolute atomic E-state index is 12.7. The fourth-order valence-electron chi connectivity index (χ4n) is 3.21. The van der Waals surface area contributed by atoms with Gasteiger partial charge in [-0.3, -0.25) is 0 Å². The number of sulfonamides is 1. The second-order valence-corrected chi connectivity index (χ2v) is 8.10. The van der Waals surface area contributed by atoms with Gasteiger partial charge in [0.05, 0.1) is 11.9 Å². The van der Waals surface area contributed by atoms with Crippen LogP contribution in [-0.2, 0) is 14.8 Å². The molecule has 3 atom stereocenters. The van der Waals surface area contributed by atoms with Crippen LogP contribution in [0, 0.1) is 0 Å². The molecule has 2 N–H and O–H groups in total. The van der Waals surface area contributed by atoms with Gasteiger partial charge >= 0.3 is 0 Å². The van der Waals surface area contributed by atoms with Gasteiger partial charge in [0.25, 0.3) is 0 Å². The molecule has 2 saturated heterocycles. The summed E-state index contributed by atoms with van der Waals surface area (Å²) in [7, 11) is -3.31. The molecular weight excluding hydrogens is 288 g/mol. The van der Waals surface area contributed by atoms with Crippen LogP contribution in [0.3, 0.4) is 0 Å². The van der Waals surface area contributed by atoms with Crippen LogP contribution in [0.1, 0.15) is 24.3 Å². The SMILES string of the molecule is N[C@@H]1CN(S(=O)(=O)C2CCCOC2)C[C@H]1c1ccccc1. The summed E-state index contributed by atoms with van der Waals surface area (Å²) >= 11 is 0. The fourth-order valence-corrected chi connectivity index (χ4v) is 5.11. The number of ether oxygens (including phenoxy) is 1. The second-order valence-electron chi connectivity index (χ2n) is 5.88. The predicted molar refractivity (Wildman–Crippen MR) is 81.5 cm³/mol. The van der Waals surface area contributed by atoms with Crippen molar-refractivity contribution in [3.63, 3.8) is 0 Å². The van der Waals surface area contributed by atoms with Gasteiger partial charge in [-0.15, -0.1) is 0 Å². The third-order valence-corrected chi connectivity index (χ3v) is 6.69. The maximum atomic E-state index is 12.7. The molecule has 1 aromatic carbocycles. The van der Waals surface area contributed by atoms with E-state index in [1.54, 1.807) is 4.31 Å². The number of hydrogen-bond acceptors (Lipinski definition) is 4. The highest BCUT2D eigenvalue weighted by molar-refractivity contribution is 7.89. The van der Waals surface area contributed by atoms with E-state index in [1.165, 1.54) is 0 Å². The standard InChI is InChI=1S/C15H22N2O3S/c16-15-10-17(9-14(15)12-5-2-1-3-6-12)21(18,19)13-7-4-8-20-11-13/h1-3,5-6,13-15H,4,7-11,16H2/t13?,14-,15+/m0/s1. The topological polar surface area (TPSA) is 72.6 Å². The molecule has 2 aliphatic rings. The number of nitrogens with two attached hydrogens (primary N) is 1. The highest BCUT2D eigenvalue weighted by Gasteiger charge is 2.41. The van der Waals surface area contributed by atoms with E-state index in [2.05, 4.69) is 0 Å². The molecule has 1 aromatic rings. The molecule has 5 nitrogen and oxygen atoms in total. The van der Waals surface area contributed by atoms with Gasteiger partial charge in [0.15, 0.2) is 0 Å². The van der Waals surface area contributed by atoms with Crippen molar-refractivity contribution in [2.75, 3.05) is 26.3 Å². The Hall–Kier alpha value is -0.950.